The number of nitrogens with two attached hydrogens (primary N) is 1. The van der Waals surface area contributed by atoms with Gasteiger partial charge in [0.1, 0.15) is 11.8 Å². The molecule has 1 aliphatic rings. The minimum absolute atomic E-state index is 0.0344. The molecule has 0 bridgehead atoms. The van der Waals surface area contributed by atoms with Crippen LogP contribution in [-0.4, -0.2) is 20.3 Å². The summed E-state index contributed by atoms with van der Waals surface area (Å²) in [6, 6.07) is 2.38. The summed E-state index contributed by atoms with van der Waals surface area (Å²) in [6.45, 7) is 1.54. The molecule has 1 aromatic carbocycles. The molecule has 0 heterocycles. The zero-order valence-corrected chi connectivity index (χ0v) is 11.1. The highest BCUT2D eigenvalue weighted by Gasteiger charge is 2.49. The van der Waals surface area contributed by atoms with Crippen molar-refractivity contribution in [3.8, 4) is 0 Å². The summed E-state index contributed by atoms with van der Waals surface area (Å²) in [5.41, 5.74) is 0.345. The SMILES string of the molecule is Cc1ccc(F)c2c1C(N=C=NS(N)(=O)=O)C(F)(F)C2. The lowest BCUT2D eigenvalue weighted by Crippen LogP contribution is -2.21. The lowest BCUT2D eigenvalue weighted by atomic mass is 10.0. The van der Waals surface area contributed by atoms with Crippen LogP contribution in [0.1, 0.15) is 22.7 Å². The van der Waals surface area contributed by atoms with Gasteiger partial charge in [0.2, 0.25) is 0 Å². The Morgan fingerprint density at radius 1 is 1.45 bits per heavy atom. The largest absolute Gasteiger partial charge is 0.326 e. The van der Waals surface area contributed by atoms with Crippen LogP contribution in [0.4, 0.5) is 13.2 Å². The van der Waals surface area contributed by atoms with Crippen molar-refractivity contribution in [2.45, 2.75) is 25.3 Å². The predicted molar refractivity (Wildman–Crippen MR) is 65.5 cm³/mol. The van der Waals surface area contributed by atoms with Gasteiger partial charge in [-0.25, -0.2) is 23.3 Å². The van der Waals surface area contributed by atoms with Crippen LogP contribution in [0, 0.1) is 12.7 Å². The molecule has 0 amide bonds. The molecule has 1 atom stereocenters. The number of rotatable bonds is 2. The van der Waals surface area contributed by atoms with Crippen molar-refractivity contribution in [3.63, 3.8) is 0 Å². The van der Waals surface area contributed by atoms with Crippen molar-refractivity contribution in [2.75, 3.05) is 0 Å². The van der Waals surface area contributed by atoms with Crippen LogP contribution in [0.3, 0.4) is 0 Å². The smallest absolute Gasteiger partial charge is 0.210 e. The molecule has 9 heteroatoms. The van der Waals surface area contributed by atoms with Gasteiger partial charge < -0.3 is 0 Å². The van der Waals surface area contributed by atoms with Gasteiger partial charge in [0, 0.05) is 6.42 Å². The molecule has 5 nitrogen and oxygen atoms in total. The topological polar surface area (TPSA) is 84.9 Å². The summed E-state index contributed by atoms with van der Waals surface area (Å²) in [5, 5.41) is 4.57. The van der Waals surface area contributed by atoms with E-state index < -0.39 is 34.4 Å². The van der Waals surface area contributed by atoms with Gasteiger partial charge >= 0.3 is 10.2 Å². The first-order chi connectivity index (χ1) is 9.12. The summed E-state index contributed by atoms with van der Waals surface area (Å²) < 4.78 is 65.1. The molecule has 1 aromatic rings. The molecule has 0 saturated carbocycles. The first kappa shape index (κ1) is 14.7. The van der Waals surface area contributed by atoms with Crippen LogP contribution in [0.15, 0.2) is 21.5 Å². The van der Waals surface area contributed by atoms with Gasteiger partial charge in [0.05, 0.1) is 0 Å². The maximum Gasteiger partial charge on any atom is 0.326 e. The molecule has 0 aromatic heterocycles. The minimum Gasteiger partial charge on any atom is -0.210 e. The second-order valence-corrected chi connectivity index (χ2v) is 5.64. The first-order valence-electron chi connectivity index (χ1n) is 5.47. The Morgan fingerprint density at radius 2 is 2.10 bits per heavy atom. The van der Waals surface area contributed by atoms with E-state index in [1.165, 1.54) is 6.07 Å². The number of benzene rings is 1. The van der Waals surface area contributed by atoms with E-state index in [9.17, 15) is 21.6 Å². The molecule has 0 spiro atoms. The number of nitrogens with zero attached hydrogens (tertiary/aromatic N) is 2. The molecule has 1 unspecified atom stereocenters. The van der Waals surface area contributed by atoms with E-state index in [0.717, 1.165) is 6.07 Å². The summed E-state index contributed by atoms with van der Waals surface area (Å²) >= 11 is 0. The Kier molecular flexibility index (Phi) is 3.45. The monoisotopic (exact) mass is 305 g/mol. The third-order valence-electron chi connectivity index (χ3n) is 2.96. The molecule has 108 valence electrons. The third kappa shape index (κ3) is 2.74. The molecule has 2 N–H and O–H groups in total. The molecular weight excluding hydrogens is 295 g/mol. The first-order valence-corrected chi connectivity index (χ1v) is 6.97. The van der Waals surface area contributed by atoms with Gasteiger partial charge in [0.15, 0.2) is 6.04 Å². The summed E-state index contributed by atoms with van der Waals surface area (Å²) in [7, 11) is -4.25. The molecule has 2 rings (SSSR count). The second-order valence-electron chi connectivity index (χ2n) is 4.43. The van der Waals surface area contributed by atoms with Crippen LogP contribution in [0.2, 0.25) is 0 Å². The zero-order chi connectivity index (χ0) is 15.1. The minimum atomic E-state index is -4.25. The fourth-order valence-electron chi connectivity index (χ4n) is 2.16. The molecule has 0 aliphatic heterocycles. The number of halogens is 3. The number of aryl methyl sites for hydroxylation is 1. The van der Waals surface area contributed by atoms with E-state index in [0.29, 0.717) is 5.56 Å². The average Bonchev–Trinajstić information content (AvgIpc) is 2.56. The van der Waals surface area contributed by atoms with Crippen molar-refractivity contribution in [3.05, 3.63) is 34.6 Å². The molecule has 0 fully saturated rings. The molecule has 20 heavy (non-hydrogen) atoms. The van der Waals surface area contributed by atoms with Crippen LogP contribution in [0.5, 0.6) is 0 Å². The number of alkyl halides is 2. The fraction of sp³-hybridized carbons (Fsp3) is 0.364. The Bertz CT molecular complexity index is 725. The van der Waals surface area contributed by atoms with Crippen molar-refractivity contribution in [1.82, 2.24) is 0 Å². The predicted octanol–water partition coefficient (Wildman–Crippen LogP) is 1.74. The van der Waals surface area contributed by atoms with E-state index in [4.69, 9.17) is 0 Å². The maximum absolute atomic E-state index is 13.9. The summed E-state index contributed by atoms with van der Waals surface area (Å²) in [4.78, 5) is 3.31. The Morgan fingerprint density at radius 3 is 2.70 bits per heavy atom. The van der Waals surface area contributed by atoms with E-state index >= 15 is 0 Å². The van der Waals surface area contributed by atoms with Crippen LogP contribution >= 0.6 is 0 Å². The van der Waals surface area contributed by atoms with Crippen molar-refractivity contribution < 1.29 is 21.6 Å². The van der Waals surface area contributed by atoms with E-state index in [2.05, 4.69) is 14.5 Å². The van der Waals surface area contributed by atoms with Gasteiger partial charge in [0.25, 0.3) is 5.92 Å². The Balaban J connectivity index is 2.55. The second kappa shape index (κ2) is 4.69. The van der Waals surface area contributed by atoms with Gasteiger partial charge in [-0.05, 0) is 29.7 Å². The third-order valence-corrected chi connectivity index (χ3v) is 3.29. The maximum atomic E-state index is 13.9. The molecular formula is C11H10F3N3O2S. The normalized spacial score (nSPS) is 20.1. The van der Waals surface area contributed by atoms with Gasteiger partial charge in [-0.3, -0.25) is 0 Å². The Labute approximate surface area is 113 Å². The number of aliphatic imine (C=N–C) groups is 1. The number of hydrogen-bond acceptors (Lipinski definition) is 3. The number of fused-ring (bicyclic) bond motifs is 1. The van der Waals surface area contributed by atoms with Crippen LogP contribution < -0.4 is 5.14 Å². The highest BCUT2D eigenvalue weighted by molar-refractivity contribution is 7.87. The van der Waals surface area contributed by atoms with Crippen molar-refractivity contribution in [1.29, 1.82) is 0 Å². The van der Waals surface area contributed by atoms with Crippen molar-refractivity contribution in [2.24, 2.45) is 14.5 Å². The lowest BCUT2D eigenvalue weighted by molar-refractivity contribution is -0.0128. The average molecular weight is 305 g/mol. The van der Waals surface area contributed by atoms with Crippen LogP contribution in [-0.2, 0) is 16.6 Å². The summed E-state index contributed by atoms with van der Waals surface area (Å²) in [5.74, 6) is -4.08. The number of hydrogen-bond donors (Lipinski definition) is 1. The van der Waals surface area contributed by atoms with E-state index in [1.807, 2.05) is 0 Å². The van der Waals surface area contributed by atoms with Gasteiger partial charge in [-0.2, -0.15) is 8.42 Å². The van der Waals surface area contributed by atoms with E-state index in [1.54, 1.807) is 12.9 Å². The van der Waals surface area contributed by atoms with Gasteiger partial charge in [-0.1, -0.05) is 10.5 Å². The molecule has 0 saturated heterocycles. The highest BCUT2D eigenvalue weighted by Crippen LogP contribution is 2.47. The fourth-order valence-corrected chi connectivity index (χ4v) is 2.32. The quantitative estimate of drug-likeness (QED) is 0.844. The highest BCUT2D eigenvalue weighted by atomic mass is 32.2. The summed E-state index contributed by atoms with van der Waals surface area (Å²) in [6.07, 6.45) is -0.804. The van der Waals surface area contributed by atoms with E-state index in [-0.39, 0.29) is 11.1 Å². The Hall–Kier alpha value is -1.70. The van der Waals surface area contributed by atoms with Gasteiger partial charge in [-0.15, -0.1) is 0 Å². The molecule has 1 aliphatic carbocycles. The standard InChI is InChI=1S/C11H10F3N3O2S/c1-6-2-3-8(12)7-4-11(13,14)10(9(6)7)16-5-17-20(15,18)19/h2-3,10H,4H2,1H3,(H2,15,18,19). The zero-order valence-electron chi connectivity index (χ0n) is 10.3. The lowest BCUT2D eigenvalue weighted by Gasteiger charge is -2.14. The van der Waals surface area contributed by atoms with Crippen molar-refractivity contribution >= 4 is 16.2 Å². The van der Waals surface area contributed by atoms with Crippen LogP contribution in [0.25, 0.3) is 0 Å². The molecule has 0 radical (unpaired) electrons.